The van der Waals surface area contributed by atoms with Crippen molar-refractivity contribution in [2.45, 2.75) is 25.3 Å². The minimum Gasteiger partial charge on any atom is -0.334 e. The summed E-state index contributed by atoms with van der Waals surface area (Å²) >= 11 is 0. The Morgan fingerprint density at radius 1 is 1.10 bits per heavy atom. The van der Waals surface area contributed by atoms with Crippen molar-refractivity contribution in [3.8, 4) is 11.4 Å². The molecule has 2 atom stereocenters. The van der Waals surface area contributed by atoms with Gasteiger partial charge in [0.1, 0.15) is 5.69 Å². The first kappa shape index (κ1) is 12.4. The van der Waals surface area contributed by atoms with Gasteiger partial charge in [-0.25, -0.2) is 9.97 Å². The molecular formula is C16H16N4O. The Hall–Kier alpha value is -2.30. The molecule has 5 nitrogen and oxygen atoms in total. The number of amides is 1. The van der Waals surface area contributed by atoms with Gasteiger partial charge in [0.2, 0.25) is 0 Å². The third kappa shape index (κ3) is 2.09. The largest absolute Gasteiger partial charge is 0.334 e. The fraction of sp³-hybridized carbons (Fsp3) is 0.375. The van der Waals surface area contributed by atoms with Crippen LogP contribution in [0.15, 0.2) is 36.8 Å². The Kier molecular flexibility index (Phi) is 2.91. The molecule has 0 N–H and O–H groups in total. The maximum absolute atomic E-state index is 12.8. The third-order valence-corrected chi connectivity index (χ3v) is 4.49. The van der Waals surface area contributed by atoms with Crippen LogP contribution in [0, 0.1) is 5.92 Å². The number of fused-ring (bicyclic) bond motifs is 2. The van der Waals surface area contributed by atoms with Crippen LogP contribution in [0.5, 0.6) is 0 Å². The normalized spacial score (nSPS) is 23.5. The molecule has 106 valence electrons. The number of nitrogens with zero attached hydrogens (tertiary/aromatic N) is 4. The summed E-state index contributed by atoms with van der Waals surface area (Å²) in [7, 11) is 0. The molecule has 2 unspecified atom stereocenters. The van der Waals surface area contributed by atoms with E-state index in [2.05, 4.69) is 15.0 Å². The Balaban J connectivity index is 1.71. The Labute approximate surface area is 123 Å². The highest BCUT2D eigenvalue weighted by Crippen LogP contribution is 2.38. The van der Waals surface area contributed by atoms with Crippen LogP contribution in [-0.2, 0) is 0 Å². The molecule has 4 rings (SSSR count). The molecule has 21 heavy (non-hydrogen) atoms. The second-order valence-electron chi connectivity index (χ2n) is 5.76. The molecule has 2 fully saturated rings. The number of carbonyl (C=O) groups is 1. The number of hydrogen-bond donors (Lipinski definition) is 0. The standard InChI is InChI=1S/C16H16N4O/c21-16(20-10-11-4-5-12(20)9-11)14-13(3-1-6-17-14)15-18-7-2-8-19-15/h1-3,6-8,11-12H,4-5,9-10H2. The van der Waals surface area contributed by atoms with Gasteiger partial charge in [0.15, 0.2) is 5.82 Å². The lowest BCUT2D eigenvalue weighted by atomic mass is 10.1. The third-order valence-electron chi connectivity index (χ3n) is 4.49. The SMILES string of the molecule is O=C(c1ncccc1-c1ncccn1)N1CC2CCC1C2. The van der Waals surface area contributed by atoms with Crippen molar-refractivity contribution in [2.75, 3.05) is 6.54 Å². The average Bonchev–Trinajstić information content (AvgIpc) is 3.18. The van der Waals surface area contributed by atoms with Crippen LogP contribution in [0.3, 0.4) is 0 Å². The van der Waals surface area contributed by atoms with Gasteiger partial charge in [-0.3, -0.25) is 9.78 Å². The lowest BCUT2D eigenvalue weighted by molar-refractivity contribution is 0.0698. The zero-order chi connectivity index (χ0) is 14.2. The van der Waals surface area contributed by atoms with Gasteiger partial charge in [0, 0.05) is 31.2 Å². The van der Waals surface area contributed by atoms with Crippen LogP contribution in [-0.4, -0.2) is 38.3 Å². The highest BCUT2D eigenvalue weighted by molar-refractivity contribution is 5.98. The van der Waals surface area contributed by atoms with Gasteiger partial charge >= 0.3 is 0 Å². The van der Waals surface area contributed by atoms with E-state index in [1.54, 1.807) is 24.7 Å². The minimum atomic E-state index is 0.0188. The molecule has 1 saturated heterocycles. The maximum Gasteiger partial charge on any atom is 0.273 e. The number of rotatable bonds is 2. The zero-order valence-corrected chi connectivity index (χ0v) is 11.6. The smallest absolute Gasteiger partial charge is 0.273 e. The number of carbonyl (C=O) groups excluding carboxylic acids is 1. The van der Waals surface area contributed by atoms with Crippen molar-refractivity contribution in [3.63, 3.8) is 0 Å². The molecule has 0 radical (unpaired) electrons. The van der Waals surface area contributed by atoms with Gasteiger partial charge in [-0.05, 0) is 43.4 Å². The summed E-state index contributed by atoms with van der Waals surface area (Å²) in [5.41, 5.74) is 1.18. The molecule has 1 aliphatic carbocycles. The molecule has 3 heterocycles. The van der Waals surface area contributed by atoms with E-state index < -0.39 is 0 Å². The molecule has 5 heteroatoms. The van der Waals surface area contributed by atoms with E-state index in [9.17, 15) is 4.79 Å². The van der Waals surface area contributed by atoms with E-state index in [0.29, 0.717) is 29.0 Å². The van der Waals surface area contributed by atoms with E-state index in [1.807, 2.05) is 17.0 Å². The Bertz CT molecular complexity index is 673. The lowest BCUT2D eigenvalue weighted by Gasteiger charge is -2.27. The summed E-state index contributed by atoms with van der Waals surface area (Å²) in [6, 6.07) is 5.84. The lowest BCUT2D eigenvalue weighted by Crippen LogP contribution is -2.38. The number of hydrogen-bond acceptors (Lipinski definition) is 4. The predicted octanol–water partition coefficient (Wildman–Crippen LogP) is 2.16. The fourth-order valence-corrected chi connectivity index (χ4v) is 3.50. The number of likely N-dealkylation sites (tertiary alicyclic amines) is 1. The van der Waals surface area contributed by atoms with Gasteiger partial charge in [0.05, 0.1) is 5.56 Å². The zero-order valence-electron chi connectivity index (χ0n) is 11.6. The Morgan fingerprint density at radius 2 is 1.90 bits per heavy atom. The maximum atomic E-state index is 12.8. The second kappa shape index (κ2) is 4.91. The first-order valence-electron chi connectivity index (χ1n) is 7.36. The molecule has 2 aliphatic rings. The molecule has 2 aromatic heterocycles. The van der Waals surface area contributed by atoms with Crippen molar-refractivity contribution >= 4 is 5.91 Å². The summed E-state index contributed by atoms with van der Waals surface area (Å²) < 4.78 is 0. The minimum absolute atomic E-state index is 0.0188. The number of piperidine rings is 1. The quantitative estimate of drug-likeness (QED) is 0.846. The van der Waals surface area contributed by atoms with Gasteiger partial charge in [-0.15, -0.1) is 0 Å². The van der Waals surface area contributed by atoms with Crippen LogP contribution >= 0.6 is 0 Å². The van der Waals surface area contributed by atoms with Crippen LogP contribution in [0.1, 0.15) is 29.8 Å². The first-order chi connectivity index (χ1) is 10.3. The summed E-state index contributed by atoms with van der Waals surface area (Å²) in [6.45, 7) is 0.870. The monoisotopic (exact) mass is 280 g/mol. The van der Waals surface area contributed by atoms with Crippen LogP contribution in [0.25, 0.3) is 11.4 Å². The van der Waals surface area contributed by atoms with E-state index >= 15 is 0 Å². The second-order valence-corrected chi connectivity index (χ2v) is 5.76. The molecule has 0 aromatic carbocycles. The van der Waals surface area contributed by atoms with Crippen molar-refractivity contribution in [3.05, 3.63) is 42.5 Å². The first-order valence-corrected chi connectivity index (χ1v) is 7.36. The van der Waals surface area contributed by atoms with E-state index in [0.717, 1.165) is 19.4 Å². The summed E-state index contributed by atoms with van der Waals surface area (Å²) in [4.78, 5) is 27.6. The van der Waals surface area contributed by atoms with Gasteiger partial charge in [-0.2, -0.15) is 0 Å². The van der Waals surface area contributed by atoms with Gasteiger partial charge in [-0.1, -0.05) is 0 Å². The number of aromatic nitrogens is 3. The molecule has 2 aromatic rings. The highest BCUT2D eigenvalue weighted by atomic mass is 16.2. The molecule has 1 saturated carbocycles. The van der Waals surface area contributed by atoms with Crippen molar-refractivity contribution < 1.29 is 4.79 Å². The Morgan fingerprint density at radius 3 is 2.62 bits per heavy atom. The number of pyridine rings is 1. The molecule has 1 amide bonds. The van der Waals surface area contributed by atoms with E-state index in [-0.39, 0.29) is 5.91 Å². The van der Waals surface area contributed by atoms with E-state index in [1.165, 1.54) is 6.42 Å². The average molecular weight is 280 g/mol. The van der Waals surface area contributed by atoms with Crippen LogP contribution < -0.4 is 0 Å². The van der Waals surface area contributed by atoms with Gasteiger partial charge < -0.3 is 4.90 Å². The van der Waals surface area contributed by atoms with Crippen molar-refractivity contribution in [1.29, 1.82) is 0 Å². The van der Waals surface area contributed by atoms with Crippen molar-refractivity contribution in [1.82, 2.24) is 19.9 Å². The van der Waals surface area contributed by atoms with Crippen LogP contribution in [0.2, 0.25) is 0 Å². The van der Waals surface area contributed by atoms with Crippen molar-refractivity contribution in [2.24, 2.45) is 5.92 Å². The molecule has 1 aliphatic heterocycles. The van der Waals surface area contributed by atoms with Gasteiger partial charge in [0.25, 0.3) is 5.91 Å². The molecule has 2 bridgehead atoms. The predicted molar refractivity (Wildman–Crippen MR) is 77.4 cm³/mol. The van der Waals surface area contributed by atoms with Crippen LogP contribution in [0.4, 0.5) is 0 Å². The fourth-order valence-electron chi connectivity index (χ4n) is 3.50. The summed E-state index contributed by atoms with van der Waals surface area (Å²) in [5, 5.41) is 0. The highest BCUT2D eigenvalue weighted by Gasteiger charge is 2.41. The topological polar surface area (TPSA) is 59.0 Å². The van der Waals surface area contributed by atoms with E-state index in [4.69, 9.17) is 0 Å². The molecular weight excluding hydrogens is 264 g/mol. The summed E-state index contributed by atoms with van der Waals surface area (Å²) in [5.74, 6) is 1.25. The molecule has 0 spiro atoms. The summed E-state index contributed by atoms with van der Waals surface area (Å²) in [6.07, 6.45) is 8.55.